The van der Waals surface area contributed by atoms with E-state index < -0.39 is 0 Å². The first kappa shape index (κ1) is 16.8. The summed E-state index contributed by atoms with van der Waals surface area (Å²) in [5, 5.41) is 3.50. The zero-order valence-corrected chi connectivity index (χ0v) is 14.1. The molecule has 1 aromatic rings. The lowest BCUT2D eigenvalue weighted by atomic mass is 10.1. The molecule has 0 amide bonds. The van der Waals surface area contributed by atoms with Crippen LogP contribution in [-0.4, -0.2) is 37.2 Å². The van der Waals surface area contributed by atoms with Crippen molar-refractivity contribution in [3.05, 3.63) is 28.2 Å². The van der Waals surface area contributed by atoms with E-state index in [-0.39, 0.29) is 12.4 Å². The molecule has 1 fully saturated rings. The molecule has 1 aromatic carbocycles. The van der Waals surface area contributed by atoms with Gasteiger partial charge in [-0.25, -0.2) is 0 Å². The van der Waals surface area contributed by atoms with Crippen LogP contribution in [0.2, 0.25) is 0 Å². The number of nitrogens with one attached hydrogen (secondary N) is 1. The Morgan fingerprint density at radius 3 is 2.84 bits per heavy atom. The Balaban J connectivity index is 0.00000180. The highest BCUT2D eigenvalue weighted by Gasteiger charge is 2.23. The fourth-order valence-electron chi connectivity index (χ4n) is 2.39. The van der Waals surface area contributed by atoms with Crippen molar-refractivity contribution in [1.82, 2.24) is 10.2 Å². The summed E-state index contributed by atoms with van der Waals surface area (Å²) in [6, 6.07) is 7.37. The molecule has 0 radical (unpaired) electrons. The number of hydrogen-bond donors (Lipinski definition) is 1. The van der Waals surface area contributed by atoms with Gasteiger partial charge in [-0.2, -0.15) is 0 Å². The third-order valence-electron chi connectivity index (χ3n) is 3.52. The number of rotatable bonds is 3. The van der Waals surface area contributed by atoms with Crippen LogP contribution < -0.4 is 10.1 Å². The standard InChI is InChI=1S/C14H21BrN2O.ClH/c1-10-8-17(11(2)7-16-10)9-12-4-5-13(15)6-14(12)18-3;/h4-6,10-11,16H,7-9H2,1-3H3;1H. The lowest BCUT2D eigenvalue weighted by Crippen LogP contribution is -2.53. The van der Waals surface area contributed by atoms with E-state index in [1.54, 1.807) is 7.11 Å². The number of piperazine rings is 1. The minimum Gasteiger partial charge on any atom is -0.496 e. The summed E-state index contributed by atoms with van der Waals surface area (Å²) in [5.41, 5.74) is 1.25. The number of methoxy groups -OCH3 is 1. The maximum atomic E-state index is 5.46. The van der Waals surface area contributed by atoms with Gasteiger partial charge in [0.2, 0.25) is 0 Å². The first-order chi connectivity index (χ1) is 8.60. The highest BCUT2D eigenvalue weighted by atomic mass is 79.9. The summed E-state index contributed by atoms with van der Waals surface area (Å²) in [6.45, 7) is 7.59. The van der Waals surface area contributed by atoms with Crippen LogP contribution in [-0.2, 0) is 6.54 Å². The van der Waals surface area contributed by atoms with Crippen LogP contribution in [0.3, 0.4) is 0 Å². The topological polar surface area (TPSA) is 24.5 Å². The lowest BCUT2D eigenvalue weighted by molar-refractivity contribution is 0.137. The molecule has 1 heterocycles. The van der Waals surface area contributed by atoms with Gasteiger partial charge < -0.3 is 10.1 Å². The Morgan fingerprint density at radius 2 is 2.16 bits per heavy atom. The summed E-state index contributed by atoms with van der Waals surface area (Å²) in [4.78, 5) is 2.51. The largest absolute Gasteiger partial charge is 0.496 e. The van der Waals surface area contributed by atoms with Crippen molar-refractivity contribution in [3.63, 3.8) is 0 Å². The SMILES string of the molecule is COc1cc(Br)ccc1CN1CC(C)NCC1C.Cl. The molecule has 2 unspecified atom stereocenters. The number of benzene rings is 1. The second-order valence-electron chi connectivity index (χ2n) is 5.04. The van der Waals surface area contributed by atoms with E-state index in [2.05, 4.69) is 52.1 Å². The van der Waals surface area contributed by atoms with Crippen LogP contribution in [0.5, 0.6) is 5.75 Å². The van der Waals surface area contributed by atoms with E-state index in [9.17, 15) is 0 Å². The average molecular weight is 350 g/mol. The van der Waals surface area contributed by atoms with Gasteiger partial charge in [0, 0.05) is 41.8 Å². The molecular formula is C14H22BrClN2O. The summed E-state index contributed by atoms with van der Waals surface area (Å²) in [7, 11) is 1.73. The van der Waals surface area contributed by atoms with Crippen molar-refractivity contribution in [2.45, 2.75) is 32.5 Å². The van der Waals surface area contributed by atoms with Crippen LogP contribution in [0.1, 0.15) is 19.4 Å². The van der Waals surface area contributed by atoms with Crippen molar-refractivity contribution >= 4 is 28.3 Å². The van der Waals surface area contributed by atoms with Crippen molar-refractivity contribution in [2.75, 3.05) is 20.2 Å². The van der Waals surface area contributed by atoms with Crippen molar-refractivity contribution in [3.8, 4) is 5.75 Å². The summed E-state index contributed by atoms with van der Waals surface area (Å²) < 4.78 is 6.52. The van der Waals surface area contributed by atoms with E-state index in [0.29, 0.717) is 12.1 Å². The molecular weight excluding hydrogens is 328 g/mol. The first-order valence-electron chi connectivity index (χ1n) is 6.40. The normalized spacial score (nSPS) is 23.8. The Kier molecular flexibility index (Phi) is 6.60. The van der Waals surface area contributed by atoms with Crippen LogP contribution in [0.4, 0.5) is 0 Å². The van der Waals surface area contributed by atoms with Gasteiger partial charge in [0.1, 0.15) is 5.75 Å². The van der Waals surface area contributed by atoms with E-state index in [4.69, 9.17) is 4.74 Å². The maximum Gasteiger partial charge on any atom is 0.124 e. The van der Waals surface area contributed by atoms with Crippen molar-refractivity contribution in [1.29, 1.82) is 0 Å². The lowest BCUT2D eigenvalue weighted by Gasteiger charge is -2.37. The van der Waals surface area contributed by atoms with E-state index in [1.807, 2.05) is 6.07 Å². The first-order valence-corrected chi connectivity index (χ1v) is 7.19. The Hall–Kier alpha value is -0.290. The molecule has 0 aliphatic carbocycles. The van der Waals surface area contributed by atoms with Crippen LogP contribution >= 0.6 is 28.3 Å². The minimum atomic E-state index is 0. The molecule has 108 valence electrons. The van der Waals surface area contributed by atoms with Crippen molar-refractivity contribution in [2.24, 2.45) is 0 Å². The van der Waals surface area contributed by atoms with E-state index in [0.717, 1.165) is 29.9 Å². The quantitative estimate of drug-likeness (QED) is 0.907. The molecule has 3 nitrogen and oxygen atoms in total. The molecule has 1 saturated heterocycles. The molecule has 1 aliphatic rings. The fourth-order valence-corrected chi connectivity index (χ4v) is 2.73. The number of hydrogen-bond acceptors (Lipinski definition) is 3. The minimum absolute atomic E-state index is 0. The van der Waals surface area contributed by atoms with E-state index in [1.165, 1.54) is 5.56 Å². The van der Waals surface area contributed by atoms with Crippen molar-refractivity contribution < 1.29 is 4.74 Å². The number of nitrogens with zero attached hydrogens (tertiary/aromatic N) is 1. The summed E-state index contributed by atoms with van der Waals surface area (Å²) in [6.07, 6.45) is 0. The third kappa shape index (κ3) is 4.35. The molecule has 2 atom stereocenters. The fraction of sp³-hybridized carbons (Fsp3) is 0.571. The van der Waals surface area contributed by atoms with E-state index >= 15 is 0 Å². The number of ether oxygens (including phenoxy) is 1. The highest BCUT2D eigenvalue weighted by molar-refractivity contribution is 9.10. The number of halogens is 2. The summed E-state index contributed by atoms with van der Waals surface area (Å²) in [5.74, 6) is 0.961. The highest BCUT2D eigenvalue weighted by Crippen LogP contribution is 2.25. The molecule has 0 bridgehead atoms. The molecule has 0 aromatic heterocycles. The second kappa shape index (κ2) is 7.48. The molecule has 0 saturated carbocycles. The van der Waals surface area contributed by atoms with Crippen LogP contribution in [0, 0.1) is 0 Å². The zero-order chi connectivity index (χ0) is 13.1. The Labute approximate surface area is 130 Å². The average Bonchev–Trinajstić information content (AvgIpc) is 2.36. The van der Waals surface area contributed by atoms with Gasteiger partial charge in [-0.15, -0.1) is 12.4 Å². The Morgan fingerprint density at radius 1 is 1.42 bits per heavy atom. The van der Waals surface area contributed by atoms with Gasteiger partial charge in [-0.05, 0) is 26.0 Å². The van der Waals surface area contributed by atoms with Gasteiger partial charge in [-0.1, -0.05) is 22.0 Å². The molecule has 19 heavy (non-hydrogen) atoms. The molecule has 5 heteroatoms. The molecule has 2 rings (SSSR count). The zero-order valence-electron chi connectivity index (χ0n) is 11.6. The molecule has 0 spiro atoms. The molecule has 1 aliphatic heterocycles. The van der Waals surface area contributed by atoms with Crippen LogP contribution in [0.25, 0.3) is 0 Å². The third-order valence-corrected chi connectivity index (χ3v) is 4.01. The predicted octanol–water partition coefficient (Wildman–Crippen LogP) is 3.06. The predicted molar refractivity (Wildman–Crippen MR) is 85.3 cm³/mol. The van der Waals surface area contributed by atoms with Gasteiger partial charge in [0.25, 0.3) is 0 Å². The second-order valence-corrected chi connectivity index (χ2v) is 5.96. The summed E-state index contributed by atoms with van der Waals surface area (Å²) >= 11 is 3.48. The maximum absolute atomic E-state index is 5.46. The van der Waals surface area contributed by atoms with Gasteiger partial charge in [0.15, 0.2) is 0 Å². The van der Waals surface area contributed by atoms with Gasteiger partial charge in [-0.3, -0.25) is 4.90 Å². The molecule has 1 N–H and O–H groups in total. The van der Waals surface area contributed by atoms with Gasteiger partial charge in [0.05, 0.1) is 7.11 Å². The smallest absolute Gasteiger partial charge is 0.124 e. The van der Waals surface area contributed by atoms with Crippen LogP contribution in [0.15, 0.2) is 22.7 Å². The monoisotopic (exact) mass is 348 g/mol. The van der Waals surface area contributed by atoms with Gasteiger partial charge >= 0.3 is 0 Å². The Bertz CT molecular complexity index is 416.